The zero-order chi connectivity index (χ0) is 26.5. The van der Waals surface area contributed by atoms with E-state index in [1.54, 1.807) is 55.6 Å². The highest BCUT2D eigenvalue weighted by Crippen LogP contribution is 2.40. The van der Waals surface area contributed by atoms with Crippen LogP contribution in [0.5, 0.6) is 17.2 Å². The number of Topliss-reactive ketones (excluding diaryl/α,β-unsaturated/α-hetero) is 1. The molecule has 1 N–H and O–H groups in total. The number of amides is 1. The van der Waals surface area contributed by atoms with E-state index in [-0.39, 0.29) is 30.0 Å². The van der Waals surface area contributed by atoms with E-state index >= 15 is 0 Å². The third-order valence-electron chi connectivity index (χ3n) is 5.96. The van der Waals surface area contributed by atoms with Gasteiger partial charge in [0.15, 0.2) is 0 Å². The van der Waals surface area contributed by atoms with E-state index in [1.807, 2.05) is 0 Å². The smallest absolute Gasteiger partial charge is 0.295 e. The molecule has 1 aliphatic heterocycles. The number of non-ortho nitro benzene ring substituents is 1. The van der Waals surface area contributed by atoms with Gasteiger partial charge in [0, 0.05) is 17.7 Å². The maximum atomic E-state index is 13.1. The Morgan fingerprint density at radius 1 is 0.946 bits per heavy atom. The number of methoxy groups -OCH3 is 2. The minimum Gasteiger partial charge on any atom is -0.507 e. The second-order valence-electron chi connectivity index (χ2n) is 8.10. The molecular weight excluding hydrogens is 480 g/mol. The molecule has 1 atom stereocenters. The van der Waals surface area contributed by atoms with E-state index in [1.165, 1.54) is 30.2 Å². The summed E-state index contributed by atoms with van der Waals surface area (Å²) in [6, 6.07) is 18.0. The molecule has 3 aromatic rings. The monoisotopic (exact) mass is 504 g/mol. The molecule has 0 aromatic heterocycles. The van der Waals surface area contributed by atoms with Gasteiger partial charge in [-0.3, -0.25) is 19.7 Å². The quantitative estimate of drug-likeness (QED) is 0.152. The number of ether oxygens (including phenoxy) is 3. The third-order valence-corrected chi connectivity index (χ3v) is 5.96. The number of aliphatic hydroxyl groups is 1. The van der Waals surface area contributed by atoms with Crippen molar-refractivity contribution in [2.45, 2.75) is 6.04 Å². The predicted molar refractivity (Wildman–Crippen MR) is 134 cm³/mol. The topological polar surface area (TPSA) is 128 Å². The number of ketones is 1. The van der Waals surface area contributed by atoms with Crippen molar-refractivity contribution in [3.8, 4) is 17.2 Å². The van der Waals surface area contributed by atoms with Gasteiger partial charge < -0.3 is 24.2 Å². The summed E-state index contributed by atoms with van der Waals surface area (Å²) in [6.07, 6.45) is 0. The number of hydrogen-bond acceptors (Lipinski definition) is 8. The van der Waals surface area contributed by atoms with Crippen LogP contribution in [0.25, 0.3) is 5.76 Å². The molecule has 10 nitrogen and oxygen atoms in total. The summed E-state index contributed by atoms with van der Waals surface area (Å²) in [6.45, 7) is 0.113. The molecule has 0 bridgehead atoms. The first-order valence-electron chi connectivity index (χ1n) is 11.3. The largest absolute Gasteiger partial charge is 0.507 e. The summed E-state index contributed by atoms with van der Waals surface area (Å²) in [5, 5.41) is 22.3. The standard InChI is InChI=1S/C27H24N2O8/c1-35-20-8-6-17(7-9-20)24-23(25(30)18-4-3-5-19(16-18)29(33)34)26(31)27(32)28(24)14-15-37-22-12-10-21(36-2)11-13-22/h3-13,16,24,30H,14-15H2,1-2H3/b25-23-. The van der Waals surface area contributed by atoms with Crippen LogP contribution >= 0.6 is 0 Å². The number of carbonyl (C=O) groups excluding carboxylic acids is 2. The van der Waals surface area contributed by atoms with Gasteiger partial charge in [0.05, 0.1) is 37.3 Å². The van der Waals surface area contributed by atoms with Crippen LogP contribution in [0.3, 0.4) is 0 Å². The van der Waals surface area contributed by atoms with Crippen molar-refractivity contribution >= 4 is 23.1 Å². The summed E-state index contributed by atoms with van der Waals surface area (Å²) < 4.78 is 16.1. The summed E-state index contributed by atoms with van der Waals surface area (Å²) in [4.78, 5) is 38.2. The normalized spacial score (nSPS) is 16.5. The number of aliphatic hydroxyl groups excluding tert-OH is 1. The van der Waals surface area contributed by atoms with Crippen molar-refractivity contribution in [1.82, 2.24) is 4.90 Å². The van der Waals surface area contributed by atoms with E-state index in [2.05, 4.69) is 0 Å². The second-order valence-corrected chi connectivity index (χ2v) is 8.10. The van der Waals surface area contributed by atoms with E-state index in [4.69, 9.17) is 14.2 Å². The predicted octanol–water partition coefficient (Wildman–Crippen LogP) is 4.11. The minimum absolute atomic E-state index is 0.0407. The Morgan fingerprint density at radius 3 is 2.14 bits per heavy atom. The fraction of sp³-hybridized carbons (Fsp3) is 0.185. The van der Waals surface area contributed by atoms with Gasteiger partial charge in [-0.1, -0.05) is 24.3 Å². The first-order chi connectivity index (χ1) is 17.8. The molecule has 190 valence electrons. The molecule has 3 aromatic carbocycles. The van der Waals surface area contributed by atoms with Crippen LogP contribution < -0.4 is 14.2 Å². The van der Waals surface area contributed by atoms with Crippen molar-refractivity contribution in [1.29, 1.82) is 0 Å². The molecule has 1 aliphatic rings. The molecule has 4 rings (SSSR count). The molecule has 1 unspecified atom stereocenters. The van der Waals surface area contributed by atoms with Crippen LogP contribution in [0, 0.1) is 10.1 Å². The lowest BCUT2D eigenvalue weighted by Crippen LogP contribution is -2.33. The van der Waals surface area contributed by atoms with Crippen molar-refractivity contribution < 1.29 is 33.8 Å². The number of nitrogens with zero attached hydrogens (tertiary/aromatic N) is 2. The molecule has 0 radical (unpaired) electrons. The molecule has 0 aliphatic carbocycles. The Bertz CT molecular complexity index is 1350. The van der Waals surface area contributed by atoms with Gasteiger partial charge in [0.1, 0.15) is 29.6 Å². The second kappa shape index (κ2) is 10.8. The number of likely N-dealkylation sites (tertiary alicyclic amines) is 1. The molecule has 1 fully saturated rings. The Labute approximate surface area is 212 Å². The van der Waals surface area contributed by atoms with Gasteiger partial charge >= 0.3 is 0 Å². The molecule has 0 spiro atoms. The molecule has 1 heterocycles. The Morgan fingerprint density at radius 2 is 1.54 bits per heavy atom. The fourth-order valence-corrected chi connectivity index (χ4v) is 4.10. The van der Waals surface area contributed by atoms with Crippen LogP contribution in [0.15, 0.2) is 78.4 Å². The number of rotatable bonds is 9. The first-order valence-corrected chi connectivity index (χ1v) is 11.3. The van der Waals surface area contributed by atoms with E-state index in [0.717, 1.165) is 6.07 Å². The highest BCUT2D eigenvalue weighted by molar-refractivity contribution is 6.46. The minimum atomic E-state index is -0.940. The van der Waals surface area contributed by atoms with Crippen molar-refractivity contribution in [3.05, 3.63) is 99.6 Å². The highest BCUT2D eigenvalue weighted by Gasteiger charge is 2.46. The Balaban J connectivity index is 1.69. The lowest BCUT2D eigenvalue weighted by Gasteiger charge is -2.25. The highest BCUT2D eigenvalue weighted by atomic mass is 16.6. The van der Waals surface area contributed by atoms with Gasteiger partial charge in [-0.25, -0.2) is 0 Å². The number of nitro groups is 1. The number of nitro benzene ring substituents is 1. The summed E-state index contributed by atoms with van der Waals surface area (Å²) in [5.41, 5.74) is 0.184. The molecule has 37 heavy (non-hydrogen) atoms. The maximum absolute atomic E-state index is 13.1. The molecule has 0 saturated carbocycles. The SMILES string of the molecule is COc1ccc(OCCN2C(=O)C(=O)/C(=C(\O)c3cccc([N+](=O)[O-])c3)C2c2ccc(OC)cc2)cc1. The Hall–Kier alpha value is -4.86. The van der Waals surface area contributed by atoms with Gasteiger partial charge in [0.2, 0.25) is 0 Å². The number of carbonyl (C=O) groups is 2. The summed E-state index contributed by atoms with van der Waals surface area (Å²) in [5.74, 6) is -0.419. The van der Waals surface area contributed by atoms with E-state index < -0.39 is 28.4 Å². The Kier molecular flexibility index (Phi) is 7.38. The van der Waals surface area contributed by atoms with Gasteiger partial charge in [-0.2, -0.15) is 0 Å². The average molecular weight is 504 g/mol. The van der Waals surface area contributed by atoms with Gasteiger partial charge in [-0.15, -0.1) is 0 Å². The van der Waals surface area contributed by atoms with Crippen LogP contribution in [0.4, 0.5) is 5.69 Å². The molecular formula is C27H24N2O8. The number of benzene rings is 3. The van der Waals surface area contributed by atoms with Crippen molar-refractivity contribution in [3.63, 3.8) is 0 Å². The molecule has 1 saturated heterocycles. The van der Waals surface area contributed by atoms with Crippen LogP contribution in [-0.2, 0) is 9.59 Å². The zero-order valence-electron chi connectivity index (χ0n) is 20.1. The summed E-state index contributed by atoms with van der Waals surface area (Å²) in [7, 11) is 3.07. The van der Waals surface area contributed by atoms with Crippen LogP contribution in [0.1, 0.15) is 17.2 Å². The van der Waals surface area contributed by atoms with Crippen molar-refractivity contribution in [2.24, 2.45) is 0 Å². The van der Waals surface area contributed by atoms with Crippen molar-refractivity contribution in [2.75, 3.05) is 27.4 Å². The lowest BCUT2D eigenvalue weighted by atomic mass is 9.95. The molecule has 10 heteroatoms. The van der Waals surface area contributed by atoms with E-state index in [0.29, 0.717) is 22.8 Å². The van der Waals surface area contributed by atoms with E-state index in [9.17, 15) is 24.8 Å². The zero-order valence-corrected chi connectivity index (χ0v) is 20.1. The third kappa shape index (κ3) is 5.22. The number of hydrogen-bond donors (Lipinski definition) is 1. The van der Waals surface area contributed by atoms with Crippen LogP contribution in [0.2, 0.25) is 0 Å². The lowest BCUT2D eigenvalue weighted by molar-refractivity contribution is -0.384. The average Bonchev–Trinajstić information content (AvgIpc) is 3.18. The maximum Gasteiger partial charge on any atom is 0.295 e. The van der Waals surface area contributed by atoms with Crippen LogP contribution in [-0.4, -0.2) is 54.0 Å². The van der Waals surface area contributed by atoms with Gasteiger partial charge in [0.25, 0.3) is 17.4 Å². The first kappa shape index (κ1) is 25.2. The van der Waals surface area contributed by atoms with Gasteiger partial charge in [-0.05, 0) is 42.0 Å². The molecule has 1 amide bonds. The fourth-order valence-electron chi connectivity index (χ4n) is 4.10. The summed E-state index contributed by atoms with van der Waals surface area (Å²) >= 11 is 0.